The van der Waals surface area contributed by atoms with Crippen LogP contribution in [0.15, 0.2) is 45.3 Å². The molecule has 7 heteroatoms. The van der Waals surface area contributed by atoms with Gasteiger partial charge in [0.2, 0.25) is 0 Å². The molecule has 0 amide bonds. The molecule has 3 rings (SSSR count). The van der Waals surface area contributed by atoms with E-state index in [0.717, 1.165) is 63.6 Å². The summed E-state index contributed by atoms with van der Waals surface area (Å²) in [7, 11) is 0. The largest absolute Gasteiger partial charge is 0.469 e. The molecule has 0 radical (unpaired) electrons. The second kappa shape index (κ2) is 10.8. The molecule has 1 aliphatic rings. The zero-order valence-corrected chi connectivity index (χ0v) is 17.4. The van der Waals surface area contributed by atoms with Gasteiger partial charge in [0.25, 0.3) is 0 Å². The van der Waals surface area contributed by atoms with E-state index in [1.54, 1.807) is 17.6 Å². The average Bonchev–Trinajstić information content (AvgIpc) is 3.28. The van der Waals surface area contributed by atoms with Gasteiger partial charge >= 0.3 is 0 Å². The topological polar surface area (TPSA) is 61.0 Å². The van der Waals surface area contributed by atoms with Crippen molar-refractivity contribution >= 4 is 41.3 Å². The molecular weight excluding hydrogens is 449 g/mol. The van der Waals surface area contributed by atoms with Crippen molar-refractivity contribution in [2.75, 3.05) is 26.2 Å². The van der Waals surface area contributed by atoms with Crippen LogP contribution in [0.2, 0.25) is 0 Å². The van der Waals surface area contributed by atoms with E-state index in [2.05, 4.69) is 27.7 Å². The second-order valence-corrected chi connectivity index (χ2v) is 7.04. The minimum atomic E-state index is -0.170. The number of nitrogens with zero attached hydrogens (tertiary/aromatic N) is 2. The van der Waals surface area contributed by atoms with Gasteiger partial charge in [-0.05, 0) is 36.4 Å². The van der Waals surface area contributed by atoms with Gasteiger partial charge in [-0.3, -0.25) is 4.99 Å². The maximum atomic E-state index is 9.71. The Morgan fingerprint density at radius 1 is 1.28 bits per heavy atom. The highest BCUT2D eigenvalue weighted by atomic mass is 127. The second-order valence-electron chi connectivity index (χ2n) is 6.01. The van der Waals surface area contributed by atoms with Gasteiger partial charge in [-0.15, -0.1) is 35.3 Å². The number of halogens is 1. The van der Waals surface area contributed by atoms with Crippen molar-refractivity contribution in [3.8, 4) is 0 Å². The van der Waals surface area contributed by atoms with Crippen molar-refractivity contribution in [3.63, 3.8) is 0 Å². The molecular formula is C18H26IN3O2S. The number of aliphatic hydroxyl groups excluding tert-OH is 1. The first-order chi connectivity index (χ1) is 11.8. The quantitative estimate of drug-likeness (QED) is 0.383. The predicted molar refractivity (Wildman–Crippen MR) is 113 cm³/mol. The van der Waals surface area contributed by atoms with Gasteiger partial charge in [0.05, 0.1) is 12.4 Å². The first-order valence-corrected chi connectivity index (χ1v) is 9.45. The van der Waals surface area contributed by atoms with E-state index in [1.165, 1.54) is 4.88 Å². The third-order valence-electron chi connectivity index (χ3n) is 4.20. The van der Waals surface area contributed by atoms with E-state index in [1.807, 2.05) is 12.1 Å². The molecule has 1 fully saturated rings. The van der Waals surface area contributed by atoms with Crippen LogP contribution in [-0.4, -0.2) is 48.2 Å². The molecule has 3 heterocycles. The van der Waals surface area contributed by atoms with Gasteiger partial charge in [0.15, 0.2) is 5.96 Å². The number of rotatable bonds is 6. The number of guanidine groups is 1. The van der Waals surface area contributed by atoms with Crippen molar-refractivity contribution in [2.45, 2.75) is 31.8 Å². The van der Waals surface area contributed by atoms with Crippen LogP contribution in [0, 0.1) is 0 Å². The lowest BCUT2D eigenvalue weighted by atomic mass is 10.1. The van der Waals surface area contributed by atoms with Crippen LogP contribution in [0.25, 0.3) is 0 Å². The van der Waals surface area contributed by atoms with Gasteiger partial charge in [-0.1, -0.05) is 6.07 Å². The zero-order chi connectivity index (χ0) is 16.6. The van der Waals surface area contributed by atoms with Crippen LogP contribution in [-0.2, 0) is 12.8 Å². The minimum absolute atomic E-state index is 0. The molecule has 0 aliphatic carbocycles. The number of hydrogen-bond acceptors (Lipinski definition) is 4. The molecule has 0 bridgehead atoms. The Morgan fingerprint density at radius 2 is 2.12 bits per heavy atom. The van der Waals surface area contributed by atoms with Crippen LogP contribution in [0.3, 0.4) is 0 Å². The molecule has 25 heavy (non-hydrogen) atoms. The Balaban J connectivity index is 0.00000225. The van der Waals surface area contributed by atoms with E-state index in [4.69, 9.17) is 9.41 Å². The summed E-state index contributed by atoms with van der Waals surface area (Å²) in [4.78, 5) is 8.41. The fourth-order valence-corrected chi connectivity index (χ4v) is 3.52. The number of aliphatic hydroxyl groups is 1. The summed E-state index contributed by atoms with van der Waals surface area (Å²) >= 11 is 1.78. The lowest BCUT2D eigenvalue weighted by Gasteiger charge is -2.32. The summed E-state index contributed by atoms with van der Waals surface area (Å²) in [6, 6.07) is 8.14. The summed E-state index contributed by atoms with van der Waals surface area (Å²) in [5, 5.41) is 15.3. The van der Waals surface area contributed by atoms with Gasteiger partial charge in [-0.2, -0.15) is 0 Å². The summed E-state index contributed by atoms with van der Waals surface area (Å²) < 4.78 is 5.38. The van der Waals surface area contributed by atoms with Crippen LogP contribution in [0.1, 0.15) is 23.5 Å². The maximum absolute atomic E-state index is 9.71. The fraction of sp³-hybridized carbons (Fsp3) is 0.500. The molecule has 138 valence electrons. The van der Waals surface area contributed by atoms with Crippen LogP contribution in [0.4, 0.5) is 0 Å². The number of thiophene rings is 1. The number of furan rings is 1. The molecule has 2 N–H and O–H groups in total. The van der Waals surface area contributed by atoms with E-state index in [0.29, 0.717) is 0 Å². The van der Waals surface area contributed by atoms with Crippen LogP contribution >= 0.6 is 35.3 Å². The third kappa shape index (κ3) is 6.63. The van der Waals surface area contributed by atoms with Gasteiger partial charge in [0.1, 0.15) is 5.76 Å². The van der Waals surface area contributed by atoms with Gasteiger partial charge in [0, 0.05) is 43.9 Å². The standard InChI is InChI=1S/C18H25N3O2S.HI/c22-15-7-11-21(12-8-15)18(19-9-5-16-3-1-13-23-16)20-10-6-17-4-2-14-24-17;/h1-4,13-15,22H,5-12H2,(H,19,20);1H. The van der Waals surface area contributed by atoms with Crippen molar-refractivity contribution in [3.05, 3.63) is 46.5 Å². The Bertz CT molecular complexity index is 608. The van der Waals surface area contributed by atoms with Crippen LogP contribution < -0.4 is 5.32 Å². The van der Waals surface area contributed by atoms with E-state index >= 15 is 0 Å². The lowest BCUT2D eigenvalue weighted by molar-refractivity contribution is 0.108. The van der Waals surface area contributed by atoms with Crippen molar-refractivity contribution in [1.29, 1.82) is 0 Å². The predicted octanol–water partition coefficient (Wildman–Crippen LogP) is 3.15. The zero-order valence-electron chi connectivity index (χ0n) is 14.3. The summed E-state index contributed by atoms with van der Waals surface area (Å²) in [6.07, 6.45) is 4.97. The Hall–Kier alpha value is -1.06. The highest BCUT2D eigenvalue weighted by Gasteiger charge is 2.19. The lowest BCUT2D eigenvalue weighted by Crippen LogP contribution is -2.47. The Kier molecular flexibility index (Phi) is 8.77. The van der Waals surface area contributed by atoms with Crippen molar-refractivity contribution < 1.29 is 9.52 Å². The first-order valence-electron chi connectivity index (χ1n) is 8.57. The number of likely N-dealkylation sites (tertiary alicyclic amines) is 1. The molecule has 1 aliphatic heterocycles. The molecule has 0 atom stereocenters. The van der Waals surface area contributed by atoms with Crippen LogP contribution in [0.5, 0.6) is 0 Å². The molecule has 2 aromatic heterocycles. The Morgan fingerprint density at radius 3 is 2.80 bits per heavy atom. The summed E-state index contributed by atoms with van der Waals surface area (Å²) in [5.41, 5.74) is 0. The van der Waals surface area contributed by atoms with Crippen molar-refractivity contribution in [2.24, 2.45) is 4.99 Å². The summed E-state index contributed by atoms with van der Waals surface area (Å²) in [5.74, 6) is 1.93. The van der Waals surface area contributed by atoms with E-state index in [9.17, 15) is 5.11 Å². The minimum Gasteiger partial charge on any atom is -0.469 e. The van der Waals surface area contributed by atoms with E-state index < -0.39 is 0 Å². The van der Waals surface area contributed by atoms with E-state index in [-0.39, 0.29) is 30.1 Å². The first kappa shape index (κ1) is 20.3. The molecule has 1 saturated heterocycles. The molecule has 0 aromatic carbocycles. The number of aliphatic imine (C=N–C) groups is 1. The van der Waals surface area contributed by atoms with Crippen molar-refractivity contribution in [1.82, 2.24) is 10.2 Å². The smallest absolute Gasteiger partial charge is 0.193 e. The highest BCUT2D eigenvalue weighted by molar-refractivity contribution is 14.0. The fourth-order valence-electron chi connectivity index (χ4n) is 2.82. The van der Waals surface area contributed by atoms with Gasteiger partial charge < -0.3 is 19.7 Å². The number of hydrogen-bond donors (Lipinski definition) is 2. The molecule has 0 saturated carbocycles. The van der Waals surface area contributed by atoms with Gasteiger partial charge in [-0.25, -0.2) is 0 Å². The Labute approximate surface area is 170 Å². The SMILES string of the molecule is I.OC1CCN(C(=NCCc2cccs2)NCCc2ccco2)CC1. The summed E-state index contributed by atoms with van der Waals surface area (Å²) in [6.45, 7) is 3.28. The molecule has 0 spiro atoms. The molecule has 0 unspecified atom stereocenters. The number of piperidine rings is 1. The molecule has 2 aromatic rings. The maximum Gasteiger partial charge on any atom is 0.193 e. The number of nitrogens with one attached hydrogen (secondary N) is 1. The highest BCUT2D eigenvalue weighted by Crippen LogP contribution is 2.12. The monoisotopic (exact) mass is 475 g/mol. The average molecular weight is 475 g/mol. The molecule has 5 nitrogen and oxygen atoms in total. The normalized spacial score (nSPS) is 15.9. The third-order valence-corrected chi connectivity index (χ3v) is 5.13.